The van der Waals surface area contributed by atoms with Crippen molar-refractivity contribution in [1.82, 2.24) is 10.6 Å². The highest BCUT2D eigenvalue weighted by Crippen LogP contribution is 2.25. The standard InChI is InChI=1S/C33H56N2O5/c1-3-5-7-9-11-13-15-17-19-21-30(36)34-25-27-23-28(32(38)29(24-27)33(39)40)26-35-31(37)22-20-18-16-14-12-10-8-6-4-2/h23-24,38H,3-22,25-26H2,1-2H3,(H,34,36)(H,35,37)(H,39,40). The van der Waals surface area contributed by atoms with Crippen LogP contribution in [0.2, 0.25) is 0 Å². The molecule has 4 N–H and O–H groups in total. The fraction of sp³-hybridized carbons (Fsp3) is 0.727. The molecule has 1 aromatic rings. The number of carbonyl (C=O) groups excluding carboxylic acids is 2. The van der Waals surface area contributed by atoms with Gasteiger partial charge in [0, 0.05) is 31.5 Å². The van der Waals surface area contributed by atoms with E-state index in [9.17, 15) is 24.6 Å². The summed E-state index contributed by atoms with van der Waals surface area (Å²) in [5, 5.41) is 25.6. The number of carboxylic acid groups (broad SMARTS) is 1. The molecule has 0 radical (unpaired) electrons. The smallest absolute Gasteiger partial charge is 0.339 e. The van der Waals surface area contributed by atoms with Crippen molar-refractivity contribution in [2.45, 2.75) is 155 Å². The maximum absolute atomic E-state index is 12.3. The molecule has 0 spiro atoms. The van der Waals surface area contributed by atoms with E-state index in [0.29, 0.717) is 24.0 Å². The van der Waals surface area contributed by atoms with E-state index in [4.69, 9.17) is 0 Å². The molecule has 0 aliphatic heterocycles. The zero-order valence-electron chi connectivity index (χ0n) is 25.3. The van der Waals surface area contributed by atoms with E-state index in [1.165, 1.54) is 83.1 Å². The molecule has 0 fully saturated rings. The van der Waals surface area contributed by atoms with Crippen LogP contribution in [0, 0.1) is 0 Å². The lowest BCUT2D eigenvalue weighted by atomic mass is 10.0. The van der Waals surface area contributed by atoms with E-state index in [2.05, 4.69) is 24.5 Å². The third kappa shape index (κ3) is 17.2. The summed E-state index contributed by atoms with van der Waals surface area (Å²) in [6.07, 6.45) is 22.1. The molecular weight excluding hydrogens is 504 g/mol. The van der Waals surface area contributed by atoms with Gasteiger partial charge in [0.1, 0.15) is 11.3 Å². The van der Waals surface area contributed by atoms with E-state index in [1.807, 2.05) is 0 Å². The van der Waals surface area contributed by atoms with Crippen molar-refractivity contribution in [3.05, 3.63) is 28.8 Å². The van der Waals surface area contributed by atoms with Crippen LogP contribution in [0.15, 0.2) is 12.1 Å². The summed E-state index contributed by atoms with van der Waals surface area (Å²) in [6.45, 7) is 4.66. The number of hydrogen-bond acceptors (Lipinski definition) is 4. The van der Waals surface area contributed by atoms with Gasteiger partial charge in [-0.15, -0.1) is 0 Å². The van der Waals surface area contributed by atoms with Crippen molar-refractivity contribution < 1.29 is 24.6 Å². The molecule has 0 aliphatic rings. The largest absolute Gasteiger partial charge is 0.507 e. The van der Waals surface area contributed by atoms with Crippen LogP contribution in [0.5, 0.6) is 5.75 Å². The average molecular weight is 561 g/mol. The van der Waals surface area contributed by atoms with Gasteiger partial charge in [-0.05, 0) is 30.5 Å². The van der Waals surface area contributed by atoms with Gasteiger partial charge in [0.05, 0.1) is 0 Å². The molecule has 7 nitrogen and oxygen atoms in total. The van der Waals surface area contributed by atoms with Gasteiger partial charge in [-0.25, -0.2) is 4.79 Å². The molecular formula is C33H56N2O5. The fourth-order valence-electron chi connectivity index (χ4n) is 4.92. The molecule has 0 unspecified atom stereocenters. The summed E-state index contributed by atoms with van der Waals surface area (Å²) in [7, 11) is 0. The molecule has 228 valence electrons. The van der Waals surface area contributed by atoms with E-state index in [1.54, 1.807) is 6.07 Å². The molecule has 1 aromatic carbocycles. The maximum atomic E-state index is 12.3. The van der Waals surface area contributed by atoms with Crippen molar-refractivity contribution in [3.8, 4) is 5.75 Å². The number of nitrogens with one attached hydrogen (secondary N) is 2. The van der Waals surface area contributed by atoms with Crippen LogP contribution >= 0.6 is 0 Å². The van der Waals surface area contributed by atoms with Gasteiger partial charge in [-0.2, -0.15) is 0 Å². The van der Waals surface area contributed by atoms with Crippen LogP contribution in [-0.4, -0.2) is 28.0 Å². The molecule has 0 saturated carbocycles. The van der Waals surface area contributed by atoms with E-state index in [0.717, 1.165) is 38.5 Å². The Morgan fingerprint density at radius 1 is 0.600 bits per heavy atom. The molecule has 0 aliphatic carbocycles. The molecule has 1 rings (SSSR count). The minimum Gasteiger partial charge on any atom is -0.507 e. The minimum atomic E-state index is -1.25. The summed E-state index contributed by atoms with van der Waals surface area (Å²) in [6, 6.07) is 3.03. The first-order chi connectivity index (χ1) is 19.4. The van der Waals surface area contributed by atoms with Crippen molar-refractivity contribution in [2.75, 3.05) is 0 Å². The van der Waals surface area contributed by atoms with Crippen LogP contribution < -0.4 is 10.6 Å². The van der Waals surface area contributed by atoms with Gasteiger partial charge in [0.2, 0.25) is 11.8 Å². The Morgan fingerprint density at radius 3 is 1.43 bits per heavy atom. The first kappa shape index (κ1) is 35.5. The SMILES string of the molecule is CCCCCCCCCCCC(=O)NCc1cc(CNC(=O)CCCCCCCCCCC)c(O)c(C(=O)O)c1. The Balaban J connectivity index is 2.39. The van der Waals surface area contributed by atoms with Crippen LogP contribution in [0.3, 0.4) is 0 Å². The van der Waals surface area contributed by atoms with Crippen LogP contribution in [0.4, 0.5) is 0 Å². The second kappa shape index (κ2) is 23.2. The van der Waals surface area contributed by atoms with Crippen molar-refractivity contribution in [3.63, 3.8) is 0 Å². The van der Waals surface area contributed by atoms with E-state index >= 15 is 0 Å². The Hall–Kier alpha value is -2.57. The monoisotopic (exact) mass is 560 g/mol. The lowest BCUT2D eigenvalue weighted by Gasteiger charge is -2.13. The number of unbranched alkanes of at least 4 members (excludes halogenated alkanes) is 16. The van der Waals surface area contributed by atoms with Crippen LogP contribution in [-0.2, 0) is 22.7 Å². The number of phenols is 1. The molecule has 0 bridgehead atoms. The van der Waals surface area contributed by atoms with Gasteiger partial charge in [-0.1, -0.05) is 117 Å². The van der Waals surface area contributed by atoms with Gasteiger partial charge < -0.3 is 20.8 Å². The fourth-order valence-corrected chi connectivity index (χ4v) is 4.92. The van der Waals surface area contributed by atoms with Gasteiger partial charge in [0.25, 0.3) is 0 Å². The first-order valence-corrected chi connectivity index (χ1v) is 16.0. The second-order valence-electron chi connectivity index (χ2n) is 11.2. The lowest BCUT2D eigenvalue weighted by molar-refractivity contribution is -0.122. The minimum absolute atomic E-state index is 0.0443. The number of benzene rings is 1. The topological polar surface area (TPSA) is 116 Å². The third-order valence-electron chi connectivity index (χ3n) is 7.46. The van der Waals surface area contributed by atoms with Gasteiger partial charge in [-0.3, -0.25) is 9.59 Å². The molecule has 7 heteroatoms. The summed E-state index contributed by atoms with van der Waals surface area (Å²) in [5.74, 6) is -1.77. The highest BCUT2D eigenvalue weighted by atomic mass is 16.4. The molecule has 0 atom stereocenters. The zero-order chi connectivity index (χ0) is 29.4. The molecule has 0 aromatic heterocycles. The number of amides is 2. The second-order valence-corrected chi connectivity index (χ2v) is 11.2. The van der Waals surface area contributed by atoms with Crippen molar-refractivity contribution >= 4 is 17.8 Å². The lowest BCUT2D eigenvalue weighted by Crippen LogP contribution is -2.24. The molecule has 0 heterocycles. The van der Waals surface area contributed by atoms with Gasteiger partial charge in [0.15, 0.2) is 0 Å². The molecule has 2 amide bonds. The number of aromatic hydroxyl groups is 1. The highest BCUT2D eigenvalue weighted by molar-refractivity contribution is 5.91. The predicted molar refractivity (Wildman–Crippen MR) is 162 cm³/mol. The average Bonchev–Trinajstić information content (AvgIpc) is 2.94. The predicted octanol–water partition coefficient (Wildman–Crippen LogP) is 8.16. The Bertz CT molecular complexity index is 855. The summed E-state index contributed by atoms with van der Waals surface area (Å²) < 4.78 is 0. The Morgan fingerprint density at radius 2 is 1.00 bits per heavy atom. The molecule has 0 saturated heterocycles. The van der Waals surface area contributed by atoms with Gasteiger partial charge >= 0.3 is 5.97 Å². The Labute approximate surface area is 242 Å². The summed E-state index contributed by atoms with van der Waals surface area (Å²) >= 11 is 0. The summed E-state index contributed by atoms with van der Waals surface area (Å²) in [5.41, 5.74) is 0.691. The van der Waals surface area contributed by atoms with Crippen LogP contribution in [0.1, 0.15) is 164 Å². The first-order valence-electron chi connectivity index (χ1n) is 16.0. The van der Waals surface area contributed by atoms with E-state index < -0.39 is 5.97 Å². The number of aromatic carboxylic acids is 1. The normalized spacial score (nSPS) is 10.9. The van der Waals surface area contributed by atoms with Crippen molar-refractivity contribution in [2.24, 2.45) is 0 Å². The van der Waals surface area contributed by atoms with Crippen LogP contribution in [0.25, 0.3) is 0 Å². The third-order valence-corrected chi connectivity index (χ3v) is 7.46. The maximum Gasteiger partial charge on any atom is 0.339 e. The Kier molecular flexibility index (Phi) is 20.5. The summed E-state index contributed by atoms with van der Waals surface area (Å²) in [4.78, 5) is 36.3. The van der Waals surface area contributed by atoms with Crippen molar-refractivity contribution in [1.29, 1.82) is 0 Å². The number of rotatable bonds is 25. The number of carbonyl (C=O) groups is 3. The molecule has 40 heavy (non-hydrogen) atoms. The number of carboxylic acids is 1. The number of hydrogen-bond donors (Lipinski definition) is 4. The van der Waals surface area contributed by atoms with E-state index in [-0.39, 0.29) is 36.2 Å². The quantitative estimate of drug-likeness (QED) is 0.0900. The highest BCUT2D eigenvalue weighted by Gasteiger charge is 2.16. The zero-order valence-corrected chi connectivity index (χ0v) is 25.3.